The molecule has 0 radical (unpaired) electrons. The van der Waals surface area contributed by atoms with E-state index in [-0.39, 0.29) is 21.9 Å². The second-order valence-corrected chi connectivity index (χ2v) is 10.2. The Morgan fingerprint density at radius 2 is 1.92 bits per heavy atom. The number of nitrogens with two attached hydrogens (primary N) is 2. The first-order valence-electron chi connectivity index (χ1n) is 10.4. The van der Waals surface area contributed by atoms with Crippen LogP contribution in [0.2, 0.25) is 0 Å². The number of fused-ring (bicyclic) bond motifs is 1. The number of benzene rings is 1. The molecule has 0 aliphatic heterocycles. The number of rotatable bonds is 6. The maximum Gasteiger partial charge on any atom is 0.269 e. The summed E-state index contributed by atoms with van der Waals surface area (Å²) in [7, 11) is 3.14. The van der Waals surface area contributed by atoms with E-state index in [2.05, 4.69) is 21.4 Å². The Balaban J connectivity index is 1.49. The molecule has 0 spiro atoms. The predicted octanol–water partition coefficient (Wildman–Crippen LogP) is 5.45. The summed E-state index contributed by atoms with van der Waals surface area (Å²) in [5, 5.41) is 17.2. The van der Waals surface area contributed by atoms with E-state index in [1.54, 1.807) is 20.3 Å². The van der Waals surface area contributed by atoms with Gasteiger partial charge in [-0.1, -0.05) is 6.07 Å². The van der Waals surface area contributed by atoms with Gasteiger partial charge < -0.3 is 20.9 Å². The third kappa shape index (κ3) is 3.99. The first kappa shape index (κ1) is 23.6. The van der Waals surface area contributed by atoms with Gasteiger partial charge >= 0.3 is 0 Å². The lowest BCUT2D eigenvalue weighted by Gasteiger charge is -2.08. The fraction of sp³-hybridized carbons (Fsp3) is 0.0833. The highest BCUT2D eigenvalue weighted by Gasteiger charge is 2.25. The Kier molecular flexibility index (Phi) is 6.19. The number of nitrogens with zero attached hydrogens (tertiary/aromatic N) is 3. The Morgan fingerprint density at radius 1 is 1.11 bits per heavy atom. The number of aromatic nitrogens is 2. The Morgan fingerprint density at radius 3 is 2.61 bits per heavy atom. The van der Waals surface area contributed by atoms with Gasteiger partial charge in [-0.15, -0.1) is 34.0 Å². The highest BCUT2D eigenvalue weighted by atomic mass is 32.1. The van der Waals surface area contributed by atoms with Gasteiger partial charge in [-0.3, -0.25) is 10.1 Å². The van der Waals surface area contributed by atoms with E-state index in [9.17, 15) is 10.1 Å². The molecule has 0 atom stereocenters. The van der Waals surface area contributed by atoms with Gasteiger partial charge in [0.15, 0.2) is 16.6 Å². The fourth-order valence-electron chi connectivity index (χ4n) is 3.73. The first-order valence-corrected chi connectivity index (χ1v) is 13.0. The third-order valence-corrected chi connectivity index (χ3v) is 8.14. The number of carbonyl (C=O) groups excluding carboxylic acids is 1. The minimum atomic E-state index is -0.419. The third-order valence-electron chi connectivity index (χ3n) is 5.39. The van der Waals surface area contributed by atoms with Gasteiger partial charge in [-0.2, -0.15) is 5.26 Å². The highest BCUT2D eigenvalue weighted by molar-refractivity contribution is 7.21. The largest absolute Gasteiger partial charge is 0.493 e. The highest BCUT2D eigenvalue weighted by Crippen LogP contribution is 2.44. The summed E-state index contributed by atoms with van der Waals surface area (Å²) in [6, 6.07) is 11.4. The lowest BCUT2D eigenvalue weighted by molar-refractivity contribution is 0.103. The van der Waals surface area contributed by atoms with E-state index in [1.807, 2.05) is 35.0 Å². The summed E-state index contributed by atoms with van der Waals surface area (Å²) in [6.07, 6.45) is 0. The predicted molar refractivity (Wildman–Crippen MR) is 145 cm³/mol. The minimum absolute atomic E-state index is 0.0982. The molecule has 36 heavy (non-hydrogen) atoms. The molecule has 9 nitrogen and oxygen atoms in total. The molecule has 12 heteroatoms. The van der Waals surface area contributed by atoms with Gasteiger partial charge in [0.05, 0.1) is 25.6 Å². The van der Waals surface area contributed by atoms with Crippen LogP contribution in [-0.4, -0.2) is 30.1 Å². The molecule has 0 unspecified atom stereocenters. The van der Waals surface area contributed by atoms with E-state index < -0.39 is 5.91 Å². The lowest BCUT2D eigenvalue weighted by atomic mass is 10.0. The van der Waals surface area contributed by atoms with Gasteiger partial charge in [0.2, 0.25) is 0 Å². The second-order valence-electron chi connectivity index (χ2n) is 7.42. The molecule has 1 amide bonds. The SMILES string of the molecule is COc1ccc(-c2csc(NC(=O)c3sc4nc(N)c(C#N)c(-c5cccs5)c4c3N)n2)cc1OC. The molecule has 4 heterocycles. The smallest absolute Gasteiger partial charge is 0.269 e. The maximum absolute atomic E-state index is 13.2. The zero-order valence-corrected chi connectivity index (χ0v) is 21.4. The molecule has 5 rings (SSSR count). The number of pyridine rings is 1. The number of carbonyl (C=O) groups is 1. The average Bonchev–Trinajstić information content (AvgIpc) is 3.64. The molecule has 5 aromatic rings. The molecule has 5 N–H and O–H groups in total. The Hall–Kier alpha value is -4.18. The van der Waals surface area contributed by atoms with E-state index >= 15 is 0 Å². The normalized spacial score (nSPS) is 10.8. The number of thiophene rings is 2. The lowest BCUT2D eigenvalue weighted by Crippen LogP contribution is -2.11. The number of hydrogen-bond donors (Lipinski definition) is 3. The minimum Gasteiger partial charge on any atom is -0.493 e. The van der Waals surface area contributed by atoms with E-state index in [4.69, 9.17) is 20.9 Å². The van der Waals surface area contributed by atoms with Crippen molar-refractivity contribution in [3.8, 4) is 39.3 Å². The molecule has 0 fully saturated rings. The van der Waals surface area contributed by atoms with E-state index in [0.717, 1.165) is 21.8 Å². The molecule has 0 bridgehead atoms. The van der Waals surface area contributed by atoms with Gasteiger partial charge in [0.1, 0.15) is 27.2 Å². The standard InChI is InChI=1S/C24H18N6O3S3/c1-32-14-6-5-11(8-15(14)33-2)13-10-35-24(28-13)30-22(31)20-19(26)18-17(16-4-3-7-34-16)12(9-25)21(27)29-23(18)36-20/h3-8,10H,26H2,1-2H3,(H2,27,29)(H,28,30,31). The number of anilines is 3. The number of nitriles is 1. The second kappa shape index (κ2) is 9.46. The number of amides is 1. The molecule has 0 saturated heterocycles. The summed E-state index contributed by atoms with van der Waals surface area (Å²) in [6.45, 7) is 0. The molecule has 0 saturated carbocycles. The zero-order chi connectivity index (χ0) is 25.4. The first-order chi connectivity index (χ1) is 17.4. The molecule has 4 aromatic heterocycles. The van der Waals surface area contributed by atoms with Crippen molar-refractivity contribution in [2.24, 2.45) is 0 Å². The van der Waals surface area contributed by atoms with Crippen LogP contribution in [0.25, 0.3) is 31.9 Å². The molecule has 1 aromatic carbocycles. The van der Waals surface area contributed by atoms with Crippen LogP contribution in [0.1, 0.15) is 15.2 Å². The van der Waals surface area contributed by atoms with Crippen molar-refractivity contribution in [1.29, 1.82) is 5.26 Å². The molecule has 0 aliphatic rings. The number of thiazole rings is 1. The van der Waals surface area contributed by atoms with E-state index in [0.29, 0.717) is 38.1 Å². The van der Waals surface area contributed by atoms with Crippen LogP contribution in [0.5, 0.6) is 11.5 Å². The van der Waals surface area contributed by atoms with Crippen molar-refractivity contribution < 1.29 is 14.3 Å². The number of nitrogens with one attached hydrogen (secondary N) is 1. The van der Waals surface area contributed by atoms with Crippen LogP contribution in [0.3, 0.4) is 0 Å². The van der Waals surface area contributed by atoms with Gasteiger partial charge in [-0.25, -0.2) is 9.97 Å². The summed E-state index contributed by atoms with van der Waals surface area (Å²) >= 11 is 3.86. The summed E-state index contributed by atoms with van der Waals surface area (Å²) < 4.78 is 10.6. The molecular weight excluding hydrogens is 517 g/mol. The maximum atomic E-state index is 13.2. The van der Waals surface area contributed by atoms with Crippen LogP contribution < -0.4 is 26.3 Å². The topological polar surface area (TPSA) is 149 Å². The van der Waals surface area contributed by atoms with Crippen LogP contribution in [0, 0.1) is 11.3 Å². The van der Waals surface area contributed by atoms with Crippen molar-refractivity contribution in [2.75, 3.05) is 31.0 Å². The molecule has 180 valence electrons. The summed E-state index contributed by atoms with van der Waals surface area (Å²) in [5.74, 6) is 0.872. The molecule has 0 aliphatic carbocycles. The van der Waals surface area contributed by atoms with E-state index in [1.165, 1.54) is 22.7 Å². The van der Waals surface area contributed by atoms with Crippen molar-refractivity contribution in [3.63, 3.8) is 0 Å². The van der Waals surface area contributed by atoms with Crippen LogP contribution >= 0.6 is 34.0 Å². The van der Waals surface area contributed by atoms with Crippen molar-refractivity contribution in [2.45, 2.75) is 0 Å². The van der Waals surface area contributed by atoms with Crippen LogP contribution in [0.4, 0.5) is 16.6 Å². The van der Waals surface area contributed by atoms with Crippen molar-refractivity contribution in [1.82, 2.24) is 9.97 Å². The number of methoxy groups -OCH3 is 2. The Bertz CT molecular complexity index is 1650. The Labute approximate surface area is 217 Å². The molecular formula is C24H18N6O3S3. The summed E-state index contributed by atoms with van der Waals surface area (Å²) in [4.78, 5) is 23.7. The monoisotopic (exact) mass is 534 g/mol. The van der Waals surface area contributed by atoms with Crippen molar-refractivity contribution in [3.05, 3.63) is 51.5 Å². The average molecular weight is 535 g/mol. The number of hydrogen-bond acceptors (Lipinski definition) is 11. The van der Waals surface area contributed by atoms with Gasteiger partial charge in [-0.05, 0) is 29.6 Å². The quantitative estimate of drug-likeness (QED) is 0.260. The zero-order valence-electron chi connectivity index (χ0n) is 19.0. The number of ether oxygens (including phenoxy) is 2. The fourth-order valence-corrected chi connectivity index (χ4v) is 6.24. The van der Waals surface area contributed by atoms with Gasteiger partial charge in [0, 0.05) is 26.8 Å². The van der Waals surface area contributed by atoms with Crippen LogP contribution in [-0.2, 0) is 0 Å². The summed E-state index contributed by atoms with van der Waals surface area (Å²) in [5.41, 5.74) is 15.1. The number of nitrogen functional groups attached to an aromatic ring is 2. The van der Waals surface area contributed by atoms with Crippen molar-refractivity contribution >= 4 is 66.8 Å². The van der Waals surface area contributed by atoms with Crippen LogP contribution in [0.15, 0.2) is 41.1 Å². The van der Waals surface area contributed by atoms with Gasteiger partial charge in [0.25, 0.3) is 5.91 Å².